The van der Waals surface area contributed by atoms with Crippen molar-refractivity contribution < 1.29 is 33.3 Å². The molecule has 21 heavy (non-hydrogen) atoms. The molecule has 114 valence electrons. The van der Waals surface area contributed by atoms with Crippen molar-refractivity contribution in [2.75, 3.05) is 6.61 Å². The molecule has 0 spiro atoms. The van der Waals surface area contributed by atoms with Gasteiger partial charge in [-0.15, -0.1) is 0 Å². The summed E-state index contributed by atoms with van der Waals surface area (Å²) in [5.41, 5.74) is 0. The van der Waals surface area contributed by atoms with Gasteiger partial charge in [-0.05, 0) is 0 Å². The first kappa shape index (κ1) is 16.4. The summed E-state index contributed by atoms with van der Waals surface area (Å²) in [5, 5.41) is 8.84. The van der Waals surface area contributed by atoms with E-state index in [1.54, 1.807) is 6.07 Å². The molecule has 1 heterocycles. The highest BCUT2D eigenvalue weighted by atomic mass is 16.6. The van der Waals surface area contributed by atoms with Gasteiger partial charge in [0.2, 0.25) is 6.23 Å². The first-order chi connectivity index (χ1) is 9.83. The normalized spacial score (nSPS) is 24.5. The molecule has 1 aliphatic rings. The van der Waals surface area contributed by atoms with Crippen molar-refractivity contribution in [1.82, 2.24) is 0 Å². The summed E-state index contributed by atoms with van der Waals surface area (Å²) in [6.07, 6.45) is -3.61. The molecule has 0 aromatic rings. The Hall–Kier alpha value is -2.63. The van der Waals surface area contributed by atoms with E-state index in [2.05, 4.69) is 4.99 Å². The van der Waals surface area contributed by atoms with Gasteiger partial charge in [0.1, 0.15) is 6.61 Å². The van der Waals surface area contributed by atoms with E-state index in [-0.39, 0.29) is 12.5 Å². The SMILES string of the molecule is CC(=O)O[C@@H]1[C@@H](OC(C)=O)N=C(C#N)OC[C@H]1OC(C)=O. The predicted octanol–water partition coefficient (Wildman–Crippen LogP) is -0.309. The molecule has 9 nitrogen and oxygen atoms in total. The lowest BCUT2D eigenvalue weighted by atomic mass is 10.2. The van der Waals surface area contributed by atoms with E-state index in [0.29, 0.717) is 0 Å². The predicted molar refractivity (Wildman–Crippen MR) is 65.7 cm³/mol. The Labute approximate surface area is 120 Å². The summed E-state index contributed by atoms with van der Waals surface area (Å²) in [6, 6.07) is 1.65. The van der Waals surface area contributed by atoms with Crippen LogP contribution in [0, 0.1) is 11.3 Å². The molecule has 3 atom stereocenters. The first-order valence-electron chi connectivity index (χ1n) is 5.95. The van der Waals surface area contributed by atoms with E-state index in [0.717, 1.165) is 20.8 Å². The van der Waals surface area contributed by atoms with Crippen molar-refractivity contribution in [2.24, 2.45) is 4.99 Å². The summed E-state index contributed by atoms with van der Waals surface area (Å²) in [4.78, 5) is 37.2. The van der Waals surface area contributed by atoms with Gasteiger partial charge in [0.25, 0.3) is 5.90 Å². The second-order valence-corrected chi connectivity index (χ2v) is 4.08. The first-order valence-corrected chi connectivity index (χ1v) is 5.95. The Morgan fingerprint density at radius 3 is 2.19 bits per heavy atom. The average Bonchev–Trinajstić information content (AvgIpc) is 2.50. The number of nitriles is 1. The third-order valence-electron chi connectivity index (χ3n) is 2.28. The minimum atomic E-state index is -1.34. The number of carbonyl (C=O) groups excluding carboxylic acids is 3. The molecule has 0 fully saturated rings. The average molecular weight is 298 g/mol. The second kappa shape index (κ2) is 7.23. The standard InChI is InChI=1S/C12H14N2O7/c1-6(15)19-9-5-18-10(4-13)14-12(21-8(3)17)11(9)20-7(2)16/h9,11-12H,5H2,1-3H3/t9-,11+,12-/m1/s1. The maximum Gasteiger partial charge on any atom is 0.304 e. The molecule has 0 unspecified atom stereocenters. The molecule has 0 aliphatic carbocycles. The van der Waals surface area contributed by atoms with Crippen molar-refractivity contribution in [2.45, 2.75) is 39.2 Å². The lowest BCUT2D eigenvalue weighted by molar-refractivity contribution is -0.183. The van der Waals surface area contributed by atoms with Gasteiger partial charge in [0.05, 0.1) is 0 Å². The number of carbonyl (C=O) groups is 3. The molecule has 0 aromatic heterocycles. The van der Waals surface area contributed by atoms with Crippen LogP contribution in [0.1, 0.15) is 20.8 Å². The van der Waals surface area contributed by atoms with Gasteiger partial charge in [-0.3, -0.25) is 14.4 Å². The van der Waals surface area contributed by atoms with Crippen LogP contribution in [0.4, 0.5) is 0 Å². The van der Waals surface area contributed by atoms with Crippen molar-refractivity contribution in [3.05, 3.63) is 0 Å². The maximum absolute atomic E-state index is 11.2. The van der Waals surface area contributed by atoms with Crippen LogP contribution < -0.4 is 0 Å². The van der Waals surface area contributed by atoms with Gasteiger partial charge >= 0.3 is 17.9 Å². The molecule has 1 rings (SSSR count). The number of hydrogen-bond acceptors (Lipinski definition) is 9. The zero-order valence-electron chi connectivity index (χ0n) is 11.7. The number of esters is 3. The van der Waals surface area contributed by atoms with E-state index < -0.39 is 36.3 Å². The fraction of sp³-hybridized carbons (Fsp3) is 0.583. The summed E-state index contributed by atoms with van der Waals surface area (Å²) in [7, 11) is 0. The molecule has 0 aromatic carbocycles. The Morgan fingerprint density at radius 1 is 1.14 bits per heavy atom. The van der Waals surface area contributed by atoms with Crippen LogP contribution >= 0.6 is 0 Å². The van der Waals surface area contributed by atoms with Crippen molar-refractivity contribution >= 4 is 23.8 Å². The molecular weight excluding hydrogens is 284 g/mol. The van der Waals surface area contributed by atoms with Gasteiger partial charge in [0, 0.05) is 20.8 Å². The summed E-state index contributed by atoms with van der Waals surface area (Å²) >= 11 is 0. The molecule has 0 radical (unpaired) electrons. The second-order valence-electron chi connectivity index (χ2n) is 4.08. The maximum atomic E-state index is 11.2. The third kappa shape index (κ3) is 5.10. The zero-order valence-corrected chi connectivity index (χ0v) is 11.7. The molecule has 9 heteroatoms. The minimum Gasteiger partial charge on any atom is -0.466 e. The number of nitrogens with zero attached hydrogens (tertiary/aromatic N) is 2. The van der Waals surface area contributed by atoms with Crippen molar-refractivity contribution in [3.63, 3.8) is 0 Å². The molecule has 0 amide bonds. The summed E-state index contributed by atoms with van der Waals surface area (Å²) < 4.78 is 19.9. The number of rotatable bonds is 3. The lowest BCUT2D eigenvalue weighted by Gasteiger charge is -2.27. The van der Waals surface area contributed by atoms with Crippen LogP contribution in [-0.2, 0) is 33.3 Å². The summed E-state index contributed by atoms with van der Waals surface area (Å²) in [6.45, 7) is 3.15. The smallest absolute Gasteiger partial charge is 0.304 e. The molecule has 0 saturated heterocycles. The fourth-order valence-corrected chi connectivity index (χ4v) is 1.63. The van der Waals surface area contributed by atoms with Gasteiger partial charge in [-0.2, -0.15) is 10.3 Å². The number of hydrogen-bond donors (Lipinski definition) is 0. The Kier molecular flexibility index (Phi) is 5.66. The van der Waals surface area contributed by atoms with Crippen LogP contribution in [0.2, 0.25) is 0 Å². The van der Waals surface area contributed by atoms with Crippen molar-refractivity contribution in [1.29, 1.82) is 5.26 Å². The van der Waals surface area contributed by atoms with Gasteiger partial charge in [-0.1, -0.05) is 0 Å². The largest absolute Gasteiger partial charge is 0.466 e. The number of aliphatic imine (C=N–C) groups is 1. The molecule has 0 saturated carbocycles. The van der Waals surface area contributed by atoms with Gasteiger partial charge in [0.15, 0.2) is 18.3 Å². The van der Waals surface area contributed by atoms with E-state index in [1.807, 2.05) is 0 Å². The fourth-order valence-electron chi connectivity index (χ4n) is 1.63. The van der Waals surface area contributed by atoms with E-state index in [9.17, 15) is 14.4 Å². The Balaban J connectivity index is 3.11. The number of ether oxygens (including phenoxy) is 4. The summed E-state index contributed by atoms with van der Waals surface area (Å²) in [5.74, 6) is -2.41. The zero-order chi connectivity index (χ0) is 16.0. The Bertz CT molecular complexity index is 508. The van der Waals surface area contributed by atoms with Crippen molar-refractivity contribution in [3.8, 4) is 6.07 Å². The highest BCUT2D eigenvalue weighted by molar-refractivity contribution is 5.91. The monoisotopic (exact) mass is 298 g/mol. The van der Waals surface area contributed by atoms with Crippen LogP contribution in [0.5, 0.6) is 0 Å². The highest BCUT2D eigenvalue weighted by Gasteiger charge is 2.40. The van der Waals surface area contributed by atoms with Crippen LogP contribution in [-0.4, -0.2) is 48.8 Å². The molecule has 0 N–H and O–H groups in total. The quantitative estimate of drug-likeness (QED) is 0.513. The topological polar surface area (TPSA) is 124 Å². The van der Waals surface area contributed by atoms with E-state index in [1.165, 1.54) is 0 Å². The molecular formula is C12H14N2O7. The molecule has 1 aliphatic heterocycles. The van der Waals surface area contributed by atoms with Crippen LogP contribution in [0.25, 0.3) is 0 Å². The van der Waals surface area contributed by atoms with E-state index in [4.69, 9.17) is 24.2 Å². The van der Waals surface area contributed by atoms with Gasteiger partial charge in [-0.25, -0.2) is 0 Å². The minimum absolute atomic E-state index is 0.262. The van der Waals surface area contributed by atoms with E-state index >= 15 is 0 Å². The highest BCUT2D eigenvalue weighted by Crippen LogP contribution is 2.19. The Morgan fingerprint density at radius 2 is 1.71 bits per heavy atom. The van der Waals surface area contributed by atoms with Crippen LogP contribution in [0.3, 0.4) is 0 Å². The molecule has 0 bridgehead atoms. The third-order valence-corrected chi connectivity index (χ3v) is 2.28. The van der Waals surface area contributed by atoms with Crippen LogP contribution in [0.15, 0.2) is 4.99 Å². The van der Waals surface area contributed by atoms with Gasteiger partial charge < -0.3 is 18.9 Å². The lowest BCUT2D eigenvalue weighted by Crippen LogP contribution is -2.45.